The van der Waals surface area contributed by atoms with Crippen LogP contribution < -0.4 is 0 Å². The van der Waals surface area contributed by atoms with Crippen LogP contribution in [0.3, 0.4) is 0 Å². The third-order valence-corrected chi connectivity index (χ3v) is 1.99. The molecule has 1 aliphatic carbocycles. The van der Waals surface area contributed by atoms with Gasteiger partial charge in [-0.3, -0.25) is 9.59 Å². The average Bonchev–Trinajstić information content (AvgIpc) is 2.11. The second-order valence-electron chi connectivity index (χ2n) is 3.21. The second-order valence-corrected chi connectivity index (χ2v) is 3.21. The summed E-state index contributed by atoms with van der Waals surface area (Å²) in [6.07, 6.45) is 3.06. The number of carbonyl (C=O) groups excluding carboxylic acids is 2. The Balaban J connectivity index is 2.88. The van der Waals surface area contributed by atoms with Crippen molar-refractivity contribution >= 4 is 11.6 Å². The van der Waals surface area contributed by atoms with Crippen LogP contribution in [0, 0.1) is 0 Å². The Labute approximate surface area is 82.5 Å². The molecule has 0 unspecified atom stereocenters. The van der Waals surface area contributed by atoms with Gasteiger partial charge < -0.3 is 10.0 Å². The number of aliphatic hydroxyl groups excluding tert-OH is 1. The van der Waals surface area contributed by atoms with Crippen molar-refractivity contribution in [2.24, 2.45) is 0 Å². The van der Waals surface area contributed by atoms with Gasteiger partial charge in [0.1, 0.15) is 0 Å². The molecule has 1 rings (SSSR count). The number of Topliss-reactive ketones (excluding diaryl/α,β-unsaturated/α-hetero) is 1. The lowest BCUT2D eigenvalue weighted by molar-refractivity contribution is -0.118. The zero-order valence-corrected chi connectivity index (χ0v) is 8.28. The molecule has 0 heterocycles. The molecular weight excluding hydrogens is 182 g/mol. The van der Waals surface area contributed by atoms with Crippen molar-refractivity contribution in [1.82, 2.24) is 4.90 Å². The Morgan fingerprint density at radius 2 is 2.00 bits per heavy atom. The van der Waals surface area contributed by atoms with Crippen LogP contribution in [0.2, 0.25) is 0 Å². The molecule has 1 N–H and O–H groups in total. The summed E-state index contributed by atoms with van der Waals surface area (Å²) in [6.45, 7) is 2.65. The minimum absolute atomic E-state index is 0.261. The van der Waals surface area contributed by atoms with Crippen LogP contribution in [-0.4, -0.2) is 35.2 Å². The average molecular weight is 195 g/mol. The molecule has 0 saturated carbocycles. The summed E-state index contributed by atoms with van der Waals surface area (Å²) in [4.78, 5) is 24.1. The van der Waals surface area contributed by atoms with Gasteiger partial charge in [-0.25, -0.2) is 0 Å². The Morgan fingerprint density at radius 1 is 1.36 bits per heavy atom. The van der Waals surface area contributed by atoms with E-state index >= 15 is 0 Å². The molecule has 0 bridgehead atoms. The number of hydrogen-bond donors (Lipinski definition) is 1. The Bertz CT molecular complexity index is 328. The Morgan fingerprint density at radius 3 is 2.57 bits per heavy atom. The summed E-state index contributed by atoms with van der Waals surface area (Å²) in [5, 5.41) is 9.16. The van der Waals surface area contributed by atoms with Crippen molar-refractivity contribution in [2.45, 2.75) is 13.3 Å². The van der Waals surface area contributed by atoms with Crippen LogP contribution in [0.5, 0.6) is 0 Å². The van der Waals surface area contributed by atoms with Gasteiger partial charge in [-0.1, -0.05) is 6.92 Å². The highest BCUT2D eigenvalue weighted by atomic mass is 16.3. The van der Waals surface area contributed by atoms with E-state index in [0.29, 0.717) is 6.54 Å². The molecule has 0 aromatic heterocycles. The monoisotopic (exact) mass is 195 g/mol. The number of carbonyl (C=O) groups is 2. The predicted molar refractivity (Wildman–Crippen MR) is 51.7 cm³/mol. The fraction of sp³-hybridized carbons (Fsp3) is 0.400. The summed E-state index contributed by atoms with van der Waals surface area (Å²) in [5.74, 6) is -1.31. The van der Waals surface area contributed by atoms with Gasteiger partial charge in [-0.15, -0.1) is 0 Å². The maximum atomic E-state index is 11.4. The molecule has 0 amide bonds. The van der Waals surface area contributed by atoms with Crippen molar-refractivity contribution in [2.75, 3.05) is 13.6 Å². The molecule has 4 nitrogen and oxygen atoms in total. The highest BCUT2D eigenvalue weighted by Crippen LogP contribution is 2.13. The largest absolute Gasteiger partial charge is 0.504 e. The third kappa shape index (κ3) is 2.02. The van der Waals surface area contributed by atoms with E-state index in [9.17, 15) is 9.59 Å². The molecule has 0 saturated heterocycles. The summed E-state index contributed by atoms with van der Waals surface area (Å²) in [5.41, 5.74) is 0.261. The summed E-state index contributed by atoms with van der Waals surface area (Å²) < 4.78 is 0. The molecule has 0 aromatic carbocycles. The third-order valence-electron chi connectivity index (χ3n) is 1.99. The molecular formula is C10H13NO3. The van der Waals surface area contributed by atoms with Gasteiger partial charge in [-0.2, -0.15) is 0 Å². The zero-order valence-electron chi connectivity index (χ0n) is 8.28. The fourth-order valence-electron chi connectivity index (χ4n) is 1.31. The molecule has 4 heteroatoms. The Hall–Kier alpha value is -1.58. The van der Waals surface area contributed by atoms with E-state index < -0.39 is 11.5 Å². The number of hydrogen-bond acceptors (Lipinski definition) is 4. The first-order valence-electron chi connectivity index (χ1n) is 4.48. The predicted octanol–water partition coefficient (Wildman–Crippen LogP) is 0.806. The van der Waals surface area contributed by atoms with E-state index in [2.05, 4.69) is 0 Å². The van der Waals surface area contributed by atoms with E-state index in [0.717, 1.165) is 12.5 Å². The minimum Gasteiger partial charge on any atom is -0.504 e. The van der Waals surface area contributed by atoms with Crippen molar-refractivity contribution in [3.63, 3.8) is 0 Å². The summed E-state index contributed by atoms with van der Waals surface area (Å²) in [7, 11) is 1.72. The lowest BCUT2D eigenvalue weighted by Crippen LogP contribution is -2.28. The first-order valence-corrected chi connectivity index (χ1v) is 4.48. The highest BCUT2D eigenvalue weighted by Gasteiger charge is 2.23. The Kier molecular flexibility index (Phi) is 3.06. The molecule has 0 radical (unpaired) electrons. The molecule has 76 valence electrons. The summed E-state index contributed by atoms with van der Waals surface area (Å²) >= 11 is 0. The van der Waals surface area contributed by atoms with Crippen LogP contribution in [-0.2, 0) is 9.59 Å². The normalized spacial score (nSPS) is 16.4. The van der Waals surface area contributed by atoms with Crippen LogP contribution >= 0.6 is 0 Å². The molecule has 0 spiro atoms. The van der Waals surface area contributed by atoms with Crippen LogP contribution in [0.15, 0.2) is 23.6 Å². The van der Waals surface area contributed by atoms with E-state index in [1.54, 1.807) is 11.9 Å². The summed E-state index contributed by atoms with van der Waals surface area (Å²) in [6, 6.07) is 0. The van der Waals surface area contributed by atoms with Gasteiger partial charge in [0.05, 0.1) is 5.70 Å². The van der Waals surface area contributed by atoms with Gasteiger partial charge >= 0.3 is 0 Å². The SMILES string of the molecule is CCCN(C)C1=CC(=O)C=C(O)C1=O. The molecule has 0 fully saturated rings. The number of nitrogens with zero attached hydrogens (tertiary/aromatic N) is 1. The molecule has 0 atom stereocenters. The molecule has 14 heavy (non-hydrogen) atoms. The van der Waals surface area contributed by atoms with Crippen LogP contribution in [0.4, 0.5) is 0 Å². The van der Waals surface area contributed by atoms with Crippen molar-refractivity contribution in [3.05, 3.63) is 23.6 Å². The first-order chi connectivity index (χ1) is 6.56. The quantitative estimate of drug-likeness (QED) is 0.677. The number of rotatable bonds is 3. The zero-order chi connectivity index (χ0) is 10.7. The van der Waals surface area contributed by atoms with Crippen LogP contribution in [0.25, 0.3) is 0 Å². The van der Waals surface area contributed by atoms with E-state index in [1.165, 1.54) is 6.08 Å². The standard InChI is InChI=1S/C10H13NO3/c1-3-4-11(2)8-5-7(12)6-9(13)10(8)14/h5-6,13H,3-4H2,1-2H3. The van der Waals surface area contributed by atoms with E-state index in [-0.39, 0.29) is 11.5 Å². The first kappa shape index (κ1) is 10.5. The van der Waals surface area contributed by atoms with Gasteiger partial charge in [0, 0.05) is 25.7 Å². The molecule has 1 aliphatic rings. The number of likely N-dealkylation sites (N-methyl/N-ethyl adjacent to an activating group) is 1. The molecule has 0 aliphatic heterocycles. The van der Waals surface area contributed by atoms with Gasteiger partial charge in [0.2, 0.25) is 5.78 Å². The maximum absolute atomic E-state index is 11.4. The number of ketones is 2. The maximum Gasteiger partial charge on any atom is 0.243 e. The second kappa shape index (κ2) is 4.09. The van der Waals surface area contributed by atoms with Crippen LogP contribution in [0.1, 0.15) is 13.3 Å². The van der Waals surface area contributed by atoms with Gasteiger partial charge in [0.25, 0.3) is 0 Å². The fourth-order valence-corrected chi connectivity index (χ4v) is 1.31. The van der Waals surface area contributed by atoms with Gasteiger partial charge in [-0.05, 0) is 6.42 Å². The van der Waals surface area contributed by atoms with Crippen molar-refractivity contribution in [3.8, 4) is 0 Å². The van der Waals surface area contributed by atoms with E-state index in [4.69, 9.17) is 5.11 Å². The van der Waals surface area contributed by atoms with E-state index in [1.807, 2.05) is 6.92 Å². The lowest BCUT2D eigenvalue weighted by atomic mass is 10.1. The molecule has 0 aromatic rings. The number of aliphatic hydroxyl groups is 1. The lowest BCUT2D eigenvalue weighted by Gasteiger charge is -2.21. The topological polar surface area (TPSA) is 57.6 Å². The minimum atomic E-state index is -0.486. The van der Waals surface area contributed by atoms with Crippen molar-refractivity contribution < 1.29 is 14.7 Å². The highest BCUT2D eigenvalue weighted by molar-refractivity contribution is 6.18. The smallest absolute Gasteiger partial charge is 0.243 e. The van der Waals surface area contributed by atoms with Crippen molar-refractivity contribution in [1.29, 1.82) is 0 Å². The van der Waals surface area contributed by atoms with Gasteiger partial charge in [0.15, 0.2) is 11.5 Å². The number of allylic oxidation sites excluding steroid dienone is 2.